The fourth-order valence-corrected chi connectivity index (χ4v) is 2.37. The minimum absolute atomic E-state index is 0. The summed E-state index contributed by atoms with van der Waals surface area (Å²) < 4.78 is 10.5. The van der Waals surface area contributed by atoms with E-state index in [1.807, 2.05) is 30.3 Å². The molecule has 0 radical (unpaired) electrons. The van der Waals surface area contributed by atoms with Crippen molar-refractivity contribution in [1.29, 1.82) is 0 Å². The number of rotatable bonds is 5. The van der Waals surface area contributed by atoms with Crippen molar-refractivity contribution in [2.45, 2.75) is 12.0 Å². The molecule has 1 aromatic heterocycles. The molecule has 5 nitrogen and oxygen atoms in total. The molecule has 0 aliphatic carbocycles. The van der Waals surface area contributed by atoms with Crippen LogP contribution >= 0.6 is 24.8 Å². The Labute approximate surface area is 152 Å². The van der Waals surface area contributed by atoms with Crippen molar-refractivity contribution in [1.82, 2.24) is 4.98 Å². The molecule has 1 aromatic carbocycles. The van der Waals surface area contributed by atoms with Crippen molar-refractivity contribution >= 4 is 30.6 Å². The van der Waals surface area contributed by atoms with Gasteiger partial charge in [0.1, 0.15) is 6.26 Å². The molecule has 0 spiro atoms. The number of ketones is 1. The Kier molecular flexibility index (Phi) is 7.22. The van der Waals surface area contributed by atoms with E-state index < -0.39 is 5.54 Å². The molecule has 0 bridgehead atoms. The van der Waals surface area contributed by atoms with Crippen LogP contribution in [-0.4, -0.2) is 17.6 Å². The molecule has 0 saturated carbocycles. The van der Waals surface area contributed by atoms with Crippen molar-refractivity contribution in [3.8, 4) is 0 Å². The number of aromatic nitrogens is 1. The molecule has 128 valence electrons. The smallest absolute Gasteiger partial charge is 0.230 e. The van der Waals surface area contributed by atoms with Gasteiger partial charge in [-0.05, 0) is 17.7 Å². The fourth-order valence-electron chi connectivity index (χ4n) is 2.37. The van der Waals surface area contributed by atoms with Crippen LogP contribution in [0.5, 0.6) is 0 Å². The fraction of sp³-hybridized carbons (Fsp3) is 0.176. The summed E-state index contributed by atoms with van der Waals surface area (Å²) in [6.07, 6.45) is 3.18. The topological polar surface area (TPSA) is 74.4 Å². The first-order valence-corrected chi connectivity index (χ1v) is 6.94. The summed E-state index contributed by atoms with van der Waals surface area (Å²) >= 11 is 0. The van der Waals surface area contributed by atoms with E-state index >= 15 is 0 Å². The Hall–Kier alpha value is -2.08. The third-order valence-corrected chi connectivity index (χ3v) is 3.58. The molecule has 3 rings (SSSR count). The lowest BCUT2D eigenvalue weighted by Crippen LogP contribution is -2.48. The molecule has 0 fully saturated rings. The largest absolute Gasteiger partial charge is 0.462 e. The number of ether oxygens (including phenoxy) is 2. The lowest BCUT2D eigenvalue weighted by molar-refractivity contribution is -0.124. The Balaban J connectivity index is 0.00000144. The molecule has 1 unspecified atom stereocenters. The standard InChI is InChI=1S/C17H16N2O3.2ClH/c18-17(16-11-21-12-22-16,14-8-4-5-9-19-14)15(20)10-13-6-2-1-3-7-13;;/h1-9,11H,10,12,18H2;2*1H. The molecule has 24 heavy (non-hydrogen) atoms. The highest BCUT2D eigenvalue weighted by molar-refractivity contribution is 5.93. The number of hydrogen-bond acceptors (Lipinski definition) is 5. The average molecular weight is 369 g/mol. The van der Waals surface area contributed by atoms with E-state index in [1.54, 1.807) is 24.4 Å². The van der Waals surface area contributed by atoms with Gasteiger partial charge in [-0.3, -0.25) is 9.78 Å². The number of nitrogens with zero attached hydrogens (tertiary/aromatic N) is 1. The zero-order chi connectivity index (χ0) is 15.4. The summed E-state index contributed by atoms with van der Waals surface area (Å²) in [5.74, 6) is 0.0845. The van der Waals surface area contributed by atoms with Crippen LogP contribution in [0.15, 0.2) is 66.7 Å². The second-order valence-corrected chi connectivity index (χ2v) is 5.02. The number of nitrogens with two attached hydrogens (primary N) is 1. The Morgan fingerprint density at radius 3 is 2.42 bits per heavy atom. The summed E-state index contributed by atoms with van der Waals surface area (Å²) in [4.78, 5) is 17.1. The Morgan fingerprint density at radius 2 is 1.83 bits per heavy atom. The van der Waals surface area contributed by atoms with Gasteiger partial charge in [-0.2, -0.15) is 0 Å². The van der Waals surface area contributed by atoms with E-state index in [0.29, 0.717) is 5.69 Å². The first kappa shape index (κ1) is 20.0. The van der Waals surface area contributed by atoms with Crippen LogP contribution in [0.2, 0.25) is 0 Å². The minimum Gasteiger partial charge on any atom is -0.462 e. The molecular weight excluding hydrogens is 351 g/mol. The number of halogens is 2. The van der Waals surface area contributed by atoms with Crippen LogP contribution in [0.1, 0.15) is 11.3 Å². The molecule has 0 saturated heterocycles. The van der Waals surface area contributed by atoms with Crippen molar-refractivity contribution in [3.05, 3.63) is 78.0 Å². The first-order chi connectivity index (χ1) is 10.7. The van der Waals surface area contributed by atoms with E-state index in [0.717, 1.165) is 5.56 Å². The molecule has 2 N–H and O–H groups in total. The summed E-state index contributed by atoms with van der Waals surface area (Å²) in [6, 6.07) is 14.7. The summed E-state index contributed by atoms with van der Waals surface area (Å²) in [7, 11) is 0. The quantitative estimate of drug-likeness (QED) is 0.877. The van der Waals surface area contributed by atoms with Crippen LogP contribution < -0.4 is 5.73 Å². The molecule has 1 aliphatic rings. The normalized spacial score (nSPS) is 14.8. The maximum absolute atomic E-state index is 12.9. The van der Waals surface area contributed by atoms with E-state index in [1.165, 1.54) is 6.26 Å². The van der Waals surface area contributed by atoms with Crippen LogP contribution in [-0.2, 0) is 26.2 Å². The lowest BCUT2D eigenvalue weighted by atomic mass is 9.85. The van der Waals surface area contributed by atoms with Gasteiger partial charge in [0.05, 0.1) is 5.69 Å². The molecular formula is C17H18Cl2N2O3. The van der Waals surface area contributed by atoms with E-state index in [4.69, 9.17) is 15.2 Å². The van der Waals surface area contributed by atoms with E-state index in [9.17, 15) is 4.79 Å². The predicted octanol–water partition coefficient (Wildman–Crippen LogP) is 2.74. The molecule has 1 aliphatic heterocycles. The first-order valence-electron chi connectivity index (χ1n) is 6.94. The van der Waals surface area contributed by atoms with Gasteiger partial charge in [0, 0.05) is 12.6 Å². The second-order valence-electron chi connectivity index (χ2n) is 5.02. The predicted molar refractivity (Wildman–Crippen MR) is 94.9 cm³/mol. The minimum atomic E-state index is -1.45. The van der Waals surface area contributed by atoms with Gasteiger partial charge in [-0.1, -0.05) is 36.4 Å². The number of hydrogen-bond donors (Lipinski definition) is 1. The van der Waals surface area contributed by atoms with Crippen molar-refractivity contribution in [3.63, 3.8) is 0 Å². The molecule has 0 amide bonds. The molecule has 2 heterocycles. The third-order valence-electron chi connectivity index (χ3n) is 3.58. The highest BCUT2D eigenvalue weighted by Gasteiger charge is 2.44. The number of carbonyl (C=O) groups excluding carboxylic acids is 1. The van der Waals surface area contributed by atoms with Gasteiger partial charge in [-0.25, -0.2) is 0 Å². The zero-order valence-electron chi connectivity index (χ0n) is 12.8. The summed E-state index contributed by atoms with van der Waals surface area (Å²) in [5, 5.41) is 0. The average Bonchev–Trinajstić information content (AvgIpc) is 3.11. The Bertz CT molecular complexity index is 695. The summed E-state index contributed by atoms with van der Waals surface area (Å²) in [5.41, 5.74) is 6.30. The maximum Gasteiger partial charge on any atom is 0.230 e. The van der Waals surface area contributed by atoms with Gasteiger partial charge in [-0.15, -0.1) is 24.8 Å². The molecule has 1 atom stereocenters. The van der Waals surface area contributed by atoms with Gasteiger partial charge >= 0.3 is 0 Å². The number of benzene rings is 1. The van der Waals surface area contributed by atoms with Crippen LogP contribution in [0, 0.1) is 0 Å². The highest BCUT2D eigenvalue weighted by Crippen LogP contribution is 2.31. The van der Waals surface area contributed by atoms with Gasteiger partial charge in [0.2, 0.25) is 6.79 Å². The van der Waals surface area contributed by atoms with Gasteiger partial charge < -0.3 is 15.2 Å². The van der Waals surface area contributed by atoms with Crippen LogP contribution in [0.4, 0.5) is 0 Å². The lowest BCUT2D eigenvalue weighted by Gasteiger charge is -2.27. The van der Waals surface area contributed by atoms with E-state index in [-0.39, 0.29) is 49.6 Å². The maximum atomic E-state index is 12.9. The monoisotopic (exact) mass is 368 g/mol. The molecule has 7 heteroatoms. The zero-order valence-corrected chi connectivity index (χ0v) is 14.4. The second kappa shape index (κ2) is 8.68. The number of Topliss-reactive ketones (excluding diaryl/α,β-unsaturated/α-hetero) is 1. The Morgan fingerprint density at radius 1 is 1.12 bits per heavy atom. The van der Waals surface area contributed by atoms with Crippen LogP contribution in [0.3, 0.4) is 0 Å². The number of carbonyl (C=O) groups is 1. The van der Waals surface area contributed by atoms with Crippen LogP contribution in [0.25, 0.3) is 0 Å². The van der Waals surface area contributed by atoms with Gasteiger partial charge in [0.15, 0.2) is 17.1 Å². The number of pyridine rings is 1. The highest BCUT2D eigenvalue weighted by atomic mass is 35.5. The third kappa shape index (κ3) is 3.87. The van der Waals surface area contributed by atoms with Crippen molar-refractivity contribution < 1.29 is 14.3 Å². The molecule has 2 aromatic rings. The SMILES string of the molecule is Cl.Cl.NC(C(=O)Cc1ccccc1)(C1=COCO1)c1ccccn1. The summed E-state index contributed by atoms with van der Waals surface area (Å²) in [6.45, 7) is 0.0553. The van der Waals surface area contributed by atoms with Crippen molar-refractivity contribution in [2.75, 3.05) is 6.79 Å². The van der Waals surface area contributed by atoms with Crippen molar-refractivity contribution in [2.24, 2.45) is 5.73 Å². The van der Waals surface area contributed by atoms with E-state index in [2.05, 4.69) is 4.98 Å². The van der Waals surface area contributed by atoms with Gasteiger partial charge in [0.25, 0.3) is 0 Å².